The summed E-state index contributed by atoms with van der Waals surface area (Å²) >= 11 is 0. The van der Waals surface area contributed by atoms with Crippen molar-refractivity contribution in [2.45, 2.75) is 32.0 Å². The number of rotatable bonds is 5. The molecule has 1 unspecified atom stereocenters. The summed E-state index contributed by atoms with van der Waals surface area (Å²) in [4.78, 5) is 11.4. The molecule has 2 N–H and O–H groups in total. The molecule has 6 heteroatoms. The lowest BCUT2D eigenvalue weighted by molar-refractivity contribution is -0.147. The van der Waals surface area contributed by atoms with Crippen molar-refractivity contribution < 1.29 is 23.1 Å². The molecule has 3 nitrogen and oxygen atoms in total. The van der Waals surface area contributed by atoms with Crippen LogP contribution in [0.15, 0.2) is 24.3 Å². The minimum absolute atomic E-state index is 0.275. The number of carboxylic acids is 1. The summed E-state index contributed by atoms with van der Waals surface area (Å²) in [5.41, 5.74) is -2.96. The molecule has 0 spiro atoms. The van der Waals surface area contributed by atoms with E-state index in [1.54, 1.807) is 0 Å². The van der Waals surface area contributed by atoms with Crippen LogP contribution in [-0.2, 0) is 16.5 Å². The molecule has 0 aliphatic heterocycles. The second-order valence-electron chi connectivity index (χ2n) is 4.40. The van der Waals surface area contributed by atoms with Crippen LogP contribution in [0.1, 0.15) is 31.4 Å². The fourth-order valence-corrected chi connectivity index (χ4v) is 1.83. The second kappa shape index (κ2) is 5.61. The van der Waals surface area contributed by atoms with Crippen molar-refractivity contribution in [2.24, 2.45) is 0 Å². The first-order valence-corrected chi connectivity index (χ1v) is 5.88. The van der Waals surface area contributed by atoms with Gasteiger partial charge in [-0.15, -0.1) is 0 Å². The number of nitrogens with one attached hydrogen (secondary N) is 1. The zero-order valence-corrected chi connectivity index (χ0v) is 10.7. The largest absolute Gasteiger partial charge is 0.480 e. The van der Waals surface area contributed by atoms with Crippen molar-refractivity contribution in [3.8, 4) is 0 Å². The van der Waals surface area contributed by atoms with E-state index in [4.69, 9.17) is 0 Å². The number of halogens is 3. The molecular formula is C13H16F3NO2. The van der Waals surface area contributed by atoms with E-state index in [1.165, 1.54) is 25.1 Å². The molecule has 1 rings (SSSR count). The second-order valence-corrected chi connectivity index (χ2v) is 4.40. The summed E-state index contributed by atoms with van der Waals surface area (Å²) in [6.07, 6.45) is -3.96. The van der Waals surface area contributed by atoms with E-state index >= 15 is 0 Å². The predicted molar refractivity (Wildman–Crippen MR) is 64.7 cm³/mol. The van der Waals surface area contributed by atoms with Crippen LogP contribution < -0.4 is 5.32 Å². The summed E-state index contributed by atoms with van der Waals surface area (Å²) in [6.45, 7) is 3.37. The monoisotopic (exact) mass is 275 g/mol. The lowest BCUT2D eigenvalue weighted by atomic mass is 9.87. The molecule has 0 fully saturated rings. The SMILES string of the molecule is CCCNC(C)(C(=O)O)c1ccccc1C(F)(F)F. The van der Waals surface area contributed by atoms with Gasteiger partial charge in [-0.1, -0.05) is 25.1 Å². The zero-order valence-electron chi connectivity index (χ0n) is 10.7. The standard InChI is InChI=1S/C13H16F3NO2/c1-3-8-17-12(2,11(18)19)9-6-4-5-7-10(9)13(14,15)16/h4-7,17H,3,8H2,1-2H3,(H,18,19). The Balaban J connectivity index is 3.35. The quantitative estimate of drug-likeness (QED) is 0.868. The highest BCUT2D eigenvalue weighted by Gasteiger charge is 2.43. The molecule has 106 valence electrons. The average molecular weight is 275 g/mol. The first-order valence-electron chi connectivity index (χ1n) is 5.88. The van der Waals surface area contributed by atoms with Crippen LogP contribution in [0, 0.1) is 0 Å². The first kappa shape index (κ1) is 15.5. The van der Waals surface area contributed by atoms with Crippen LogP contribution in [0.25, 0.3) is 0 Å². The Hall–Kier alpha value is -1.56. The number of alkyl halides is 3. The molecule has 0 radical (unpaired) electrons. The highest BCUT2D eigenvalue weighted by molar-refractivity contribution is 5.81. The van der Waals surface area contributed by atoms with E-state index in [-0.39, 0.29) is 5.56 Å². The molecule has 19 heavy (non-hydrogen) atoms. The van der Waals surface area contributed by atoms with Gasteiger partial charge in [0.05, 0.1) is 5.56 Å². The van der Waals surface area contributed by atoms with E-state index in [2.05, 4.69) is 5.32 Å². The smallest absolute Gasteiger partial charge is 0.416 e. The Morgan fingerprint density at radius 3 is 2.21 bits per heavy atom. The molecule has 0 amide bonds. The summed E-state index contributed by atoms with van der Waals surface area (Å²) in [6, 6.07) is 4.73. The molecule has 1 atom stereocenters. The number of carbonyl (C=O) groups is 1. The number of hydrogen-bond donors (Lipinski definition) is 2. The van der Waals surface area contributed by atoms with Gasteiger partial charge < -0.3 is 5.11 Å². The minimum atomic E-state index is -4.58. The zero-order chi connectivity index (χ0) is 14.7. The van der Waals surface area contributed by atoms with Crippen LogP contribution >= 0.6 is 0 Å². The number of benzene rings is 1. The van der Waals surface area contributed by atoms with Crippen molar-refractivity contribution in [3.05, 3.63) is 35.4 Å². The van der Waals surface area contributed by atoms with Gasteiger partial charge in [0.2, 0.25) is 0 Å². The van der Waals surface area contributed by atoms with Gasteiger partial charge >= 0.3 is 12.1 Å². The van der Waals surface area contributed by atoms with E-state index in [9.17, 15) is 23.1 Å². The van der Waals surface area contributed by atoms with E-state index in [0.29, 0.717) is 13.0 Å². The lowest BCUT2D eigenvalue weighted by Gasteiger charge is -2.29. The predicted octanol–water partition coefficient (Wildman–Crippen LogP) is 3.00. The Bertz CT molecular complexity index is 459. The summed E-state index contributed by atoms with van der Waals surface area (Å²) < 4.78 is 38.8. The maximum absolute atomic E-state index is 12.9. The van der Waals surface area contributed by atoms with Crippen molar-refractivity contribution in [1.29, 1.82) is 0 Å². The summed E-state index contributed by atoms with van der Waals surface area (Å²) in [5.74, 6) is -1.34. The highest BCUT2D eigenvalue weighted by atomic mass is 19.4. The molecule has 0 aliphatic carbocycles. The maximum atomic E-state index is 12.9. The fourth-order valence-electron chi connectivity index (χ4n) is 1.83. The van der Waals surface area contributed by atoms with Crippen molar-refractivity contribution >= 4 is 5.97 Å². The molecule has 0 heterocycles. The molecule has 0 aliphatic rings. The fraction of sp³-hybridized carbons (Fsp3) is 0.462. The minimum Gasteiger partial charge on any atom is -0.480 e. The molecule has 0 saturated heterocycles. The van der Waals surface area contributed by atoms with Gasteiger partial charge in [-0.2, -0.15) is 13.2 Å². The van der Waals surface area contributed by atoms with Gasteiger partial charge in [0.15, 0.2) is 0 Å². The Morgan fingerprint density at radius 1 is 1.26 bits per heavy atom. The Morgan fingerprint density at radius 2 is 1.79 bits per heavy atom. The van der Waals surface area contributed by atoms with Crippen LogP contribution in [0.4, 0.5) is 13.2 Å². The normalized spacial score (nSPS) is 15.0. The average Bonchev–Trinajstić information content (AvgIpc) is 2.34. The summed E-state index contributed by atoms with van der Waals surface area (Å²) in [7, 11) is 0. The molecule has 1 aromatic carbocycles. The van der Waals surface area contributed by atoms with Crippen LogP contribution in [0.5, 0.6) is 0 Å². The van der Waals surface area contributed by atoms with Gasteiger partial charge in [-0.05, 0) is 31.5 Å². The van der Waals surface area contributed by atoms with Gasteiger partial charge in [0, 0.05) is 0 Å². The number of carboxylic acid groups (broad SMARTS) is 1. The number of hydrogen-bond acceptors (Lipinski definition) is 2. The third kappa shape index (κ3) is 3.26. The summed E-state index contributed by atoms with van der Waals surface area (Å²) in [5, 5.41) is 11.9. The number of aliphatic carboxylic acids is 1. The van der Waals surface area contributed by atoms with Crippen LogP contribution in [0.3, 0.4) is 0 Å². The molecule has 0 aromatic heterocycles. The molecule has 0 saturated carbocycles. The van der Waals surface area contributed by atoms with Gasteiger partial charge in [0.25, 0.3) is 0 Å². The van der Waals surface area contributed by atoms with Crippen LogP contribution in [0.2, 0.25) is 0 Å². The topological polar surface area (TPSA) is 49.3 Å². The van der Waals surface area contributed by atoms with Gasteiger partial charge in [0.1, 0.15) is 5.54 Å². The van der Waals surface area contributed by atoms with Gasteiger partial charge in [-0.25, -0.2) is 4.79 Å². The lowest BCUT2D eigenvalue weighted by Crippen LogP contribution is -2.48. The Labute approximate surface area is 109 Å². The highest BCUT2D eigenvalue weighted by Crippen LogP contribution is 2.36. The third-order valence-electron chi connectivity index (χ3n) is 2.93. The molecular weight excluding hydrogens is 259 g/mol. The Kier molecular flexibility index (Phi) is 4.57. The maximum Gasteiger partial charge on any atom is 0.416 e. The van der Waals surface area contributed by atoms with E-state index in [1.807, 2.05) is 6.92 Å². The molecule has 0 bridgehead atoms. The van der Waals surface area contributed by atoms with E-state index in [0.717, 1.165) is 6.07 Å². The van der Waals surface area contributed by atoms with Crippen molar-refractivity contribution in [1.82, 2.24) is 5.32 Å². The van der Waals surface area contributed by atoms with E-state index < -0.39 is 23.2 Å². The molecule has 1 aromatic rings. The van der Waals surface area contributed by atoms with Gasteiger partial charge in [-0.3, -0.25) is 5.32 Å². The van der Waals surface area contributed by atoms with Crippen molar-refractivity contribution in [3.63, 3.8) is 0 Å². The van der Waals surface area contributed by atoms with Crippen molar-refractivity contribution in [2.75, 3.05) is 6.54 Å². The third-order valence-corrected chi connectivity index (χ3v) is 2.93. The first-order chi connectivity index (χ1) is 8.73. The van der Waals surface area contributed by atoms with Crippen LogP contribution in [-0.4, -0.2) is 17.6 Å².